The molecule has 166 valence electrons. The van der Waals surface area contributed by atoms with E-state index >= 15 is 0 Å². The smallest absolute Gasteiger partial charge is 0.297 e. The average Bonchev–Trinajstić information content (AvgIpc) is 3.41. The van der Waals surface area contributed by atoms with Crippen LogP contribution in [0.3, 0.4) is 0 Å². The van der Waals surface area contributed by atoms with E-state index in [1.807, 2.05) is 44.2 Å². The van der Waals surface area contributed by atoms with Crippen molar-refractivity contribution in [1.29, 1.82) is 0 Å². The van der Waals surface area contributed by atoms with E-state index in [2.05, 4.69) is 16.8 Å². The van der Waals surface area contributed by atoms with E-state index in [0.29, 0.717) is 40.4 Å². The van der Waals surface area contributed by atoms with Crippen molar-refractivity contribution >= 4 is 33.3 Å². The summed E-state index contributed by atoms with van der Waals surface area (Å²) in [6.45, 7) is 7.93. The van der Waals surface area contributed by atoms with Gasteiger partial charge in [0.2, 0.25) is 10.9 Å². The van der Waals surface area contributed by atoms with Gasteiger partial charge >= 0.3 is 0 Å². The van der Waals surface area contributed by atoms with Gasteiger partial charge in [0, 0.05) is 0 Å². The second kappa shape index (κ2) is 8.29. The van der Waals surface area contributed by atoms with Gasteiger partial charge in [-0.1, -0.05) is 54.7 Å². The van der Waals surface area contributed by atoms with Gasteiger partial charge in [-0.05, 0) is 43.2 Å². The molecule has 0 radical (unpaired) electrons. The minimum Gasteiger partial charge on any atom is -0.490 e. The minimum absolute atomic E-state index is 0.0431. The van der Waals surface area contributed by atoms with Crippen molar-refractivity contribution in [2.75, 3.05) is 11.5 Å². The Balaban J connectivity index is 1.71. The van der Waals surface area contributed by atoms with E-state index in [0.717, 1.165) is 16.1 Å². The number of carbonyl (C=O) groups excluding carboxylic acids is 1. The normalized spacial score (nSPS) is 15.2. The summed E-state index contributed by atoms with van der Waals surface area (Å²) in [5, 5.41) is 10.1. The fraction of sp³-hybridized carbons (Fsp3) is 0.200. The van der Waals surface area contributed by atoms with Gasteiger partial charge in [-0.3, -0.25) is 14.5 Å². The summed E-state index contributed by atoms with van der Waals surface area (Å²) >= 11 is 1.33. The molecule has 1 aliphatic heterocycles. The van der Waals surface area contributed by atoms with Crippen LogP contribution in [-0.2, 0) is 6.42 Å². The number of amides is 1. The molecule has 0 N–H and O–H groups in total. The third kappa shape index (κ3) is 3.52. The van der Waals surface area contributed by atoms with Gasteiger partial charge in [0.15, 0.2) is 5.43 Å². The standard InChI is InChI=1S/C25H21N3O4S/c1-4-12-31-16-9-7-15(8-10-16)21-20-22(29)17-13-14(3)6-11-18(17)32-23(20)24(30)28(21)25-27-26-19(5-2)33-25/h4,6-11,13,21H,1,5,12H2,2-3H3/t21-/m0/s1. The first-order chi connectivity index (χ1) is 16.0. The van der Waals surface area contributed by atoms with E-state index in [1.165, 1.54) is 16.2 Å². The molecule has 3 heterocycles. The maximum Gasteiger partial charge on any atom is 0.297 e. The van der Waals surface area contributed by atoms with E-state index in [-0.39, 0.29) is 11.2 Å². The van der Waals surface area contributed by atoms with Crippen molar-refractivity contribution < 1.29 is 13.9 Å². The van der Waals surface area contributed by atoms with Crippen LogP contribution in [0.15, 0.2) is 64.3 Å². The van der Waals surface area contributed by atoms with Gasteiger partial charge in [-0.15, -0.1) is 10.2 Å². The van der Waals surface area contributed by atoms with Gasteiger partial charge in [0.25, 0.3) is 5.91 Å². The van der Waals surface area contributed by atoms with Crippen molar-refractivity contribution in [3.05, 3.63) is 92.8 Å². The molecule has 0 saturated heterocycles. The first kappa shape index (κ1) is 21.1. The van der Waals surface area contributed by atoms with Gasteiger partial charge in [-0.2, -0.15) is 0 Å². The van der Waals surface area contributed by atoms with Gasteiger partial charge in [0.05, 0.1) is 17.0 Å². The Morgan fingerprint density at radius 3 is 2.67 bits per heavy atom. The molecule has 0 unspecified atom stereocenters. The SMILES string of the molecule is C=CCOc1ccc([C@H]2c3c(oc4ccc(C)cc4c3=O)C(=O)N2c2nnc(CC)s2)cc1. The molecule has 8 heteroatoms. The zero-order chi connectivity index (χ0) is 23.1. The molecule has 2 aromatic carbocycles. The van der Waals surface area contributed by atoms with Crippen LogP contribution in [0.5, 0.6) is 5.75 Å². The fourth-order valence-electron chi connectivity index (χ4n) is 3.99. The lowest BCUT2D eigenvalue weighted by atomic mass is 9.98. The molecular formula is C25H21N3O4S. The Morgan fingerprint density at radius 1 is 1.18 bits per heavy atom. The van der Waals surface area contributed by atoms with Crippen molar-refractivity contribution in [3.8, 4) is 5.75 Å². The fourth-order valence-corrected chi connectivity index (χ4v) is 4.79. The van der Waals surface area contributed by atoms with Crippen LogP contribution < -0.4 is 15.1 Å². The van der Waals surface area contributed by atoms with Crippen LogP contribution in [0, 0.1) is 6.92 Å². The molecule has 0 bridgehead atoms. The monoisotopic (exact) mass is 459 g/mol. The van der Waals surface area contributed by atoms with Crippen molar-refractivity contribution in [3.63, 3.8) is 0 Å². The summed E-state index contributed by atoms with van der Waals surface area (Å²) in [6.07, 6.45) is 2.37. The molecule has 1 atom stereocenters. The summed E-state index contributed by atoms with van der Waals surface area (Å²) in [5.74, 6) is 0.307. The van der Waals surface area contributed by atoms with Crippen LogP contribution in [0.2, 0.25) is 0 Å². The number of anilines is 1. The Hall–Kier alpha value is -3.78. The number of nitrogens with zero attached hydrogens (tertiary/aromatic N) is 3. The number of fused-ring (bicyclic) bond motifs is 2. The number of aromatic nitrogens is 2. The number of hydrogen-bond donors (Lipinski definition) is 0. The highest BCUT2D eigenvalue weighted by Gasteiger charge is 2.45. The zero-order valence-electron chi connectivity index (χ0n) is 18.2. The molecule has 0 aliphatic carbocycles. The van der Waals surface area contributed by atoms with Crippen LogP contribution in [0.4, 0.5) is 5.13 Å². The highest BCUT2D eigenvalue weighted by Crippen LogP contribution is 2.42. The number of carbonyl (C=O) groups is 1. The molecule has 0 saturated carbocycles. The van der Waals surface area contributed by atoms with E-state index in [4.69, 9.17) is 9.15 Å². The first-order valence-electron chi connectivity index (χ1n) is 10.6. The largest absolute Gasteiger partial charge is 0.490 e. The lowest BCUT2D eigenvalue weighted by Gasteiger charge is -2.22. The second-order valence-electron chi connectivity index (χ2n) is 7.75. The summed E-state index contributed by atoms with van der Waals surface area (Å²) in [7, 11) is 0. The summed E-state index contributed by atoms with van der Waals surface area (Å²) in [5.41, 5.74) is 2.17. The van der Waals surface area contributed by atoms with E-state index < -0.39 is 11.9 Å². The molecule has 0 spiro atoms. The lowest BCUT2D eigenvalue weighted by molar-refractivity contribution is 0.0970. The molecule has 4 aromatic rings. The molecule has 0 fully saturated rings. The highest BCUT2D eigenvalue weighted by atomic mass is 32.1. The molecule has 5 rings (SSSR count). The van der Waals surface area contributed by atoms with Gasteiger partial charge in [0.1, 0.15) is 22.9 Å². The number of hydrogen-bond acceptors (Lipinski definition) is 7. The second-order valence-corrected chi connectivity index (χ2v) is 8.79. The first-order valence-corrected chi connectivity index (χ1v) is 11.4. The third-order valence-electron chi connectivity index (χ3n) is 5.55. The predicted octanol–water partition coefficient (Wildman–Crippen LogP) is 4.83. The average molecular weight is 460 g/mol. The van der Waals surface area contributed by atoms with Crippen molar-refractivity contribution in [2.45, 2.75) is 26.3 Å². The molecular weight excluding hydrogens is 438 g/mol. The minimum atomic E-state index is -0.681. The maximum atomic E-state index is 13.6. The highest BCUT2D eigenvalue weighted by molar-refractivity contribution is 7.15. The zero-order valence-corrected chi connectivity index (χ0v) is 19.0. The van der Waals surface area contributed by atoms with E-state index in [9.17, 15) is 9.59 Å². The Bertz CT molecular complexity index is 1440. The molecule has 2 aromatic heterocycles. The molecule has 1 amide bonds. The van der Waals surface area contributed by atoms with E-state index in [1.54, 1.807) is 18.2 Å². The van der Waals surface area contributed by atoms with Crippen LogP contribution in [-0.4, -0.2) is 22.7 Å². The molecule has 7 nitrogen and oxygen atoms in total. The van der Waals surface area contributed by atoms with Crippen LogP contribution >= 0.6 is 11.3 Å². The summed E-state index contributed by atoms with van der Waals surface area (Å²) < 4.78 is 11.6. The van der Waals surface area contributed by atoms with Crippen molar-refractivity contribution in [2.24, 2.45) is 0 Å². The third-order valence-corrected chi connectivity index (χ3v) is 6.62. The Labute approximate surface area is 194 Å². The Kier molecular flexibility index (Phi) is 5.30. The Morgan fingerprint density at radius 2 is 1.97 bits per heavy atom. The molecule has 1 aliphatic rings. The summed E-state index contributed by atoms with van der Waals surface area (Å²) in [6, 6.07) is 12.0. The number of benzene rings is 2. The molecule has 33 heavy (non-hydrogen) atoms. The predicted molar refractivity (Wildman–Crippen MR) is 127 cm³/mol. The summed E-state index contributed by atoms with van der Waals surface area (Å²) in [4.78, 5) is 28.7. The van der Waals surface area contributed by atoms with Crippen LogP contribution in [0.1, 0.15) is 45.2 Å². The number of ether oxygens (including phenoxy) is 1. The van der Waals surface area contributed by atoms with Crippen LogP contribution in [0.25, 0.3) is 11.0 Å². The van der Waals surface area contributed by atoms with Gasteiger partial charge in [-0.25, -0.2) is 0 Å². The number of rotatable bonds is 6. The topological polar surface area (TPSA) is 85.5 Å². The lowest BCUT2D eigenvalue weighted by Crippen LogP contribution is -2.29. The number of aryl methyl sites for hydroxylation is 2. The van der Waals surface area contributed by atoms with Gasteiger partial charge < -0.3 is 9.15 Å². The quantitative estimate of drug-likeness (QED) is 0.384. The van der Waals surface area contributed by atoms with Crippen molar-refractivity contribution in [1.82, 2.24) is 10.2 Å². The maximum absolute atomic E-state index is 13.6.